The lowest BCUT2D eigenvalue weighted by Crippen LogP contribution is -2.46. The Bertz CT molecular complexity index is 728. The van der Waals surface area contributed by atoms with E-state index in [1.165, 1.54) is 6.07 Å². The van der Waals surface area contributed by atoms with Gasteiger partial charge in [0.25, 0.3) is 0 Å². The van der Waals surface area contributed by atoms with Gasteiger partial charge in [-0.2, -0.15) is 13.2 Å². The molecule has 0 bridgehead atoms. The van der Waals surface area contributed by atoms with Gasteiger partial charge in [0.15, 0.2) is 0 Å². The largest absolute Gasteiger partial charge is 0.469 e. The Morgan fingerprint density at radius 3 is 2.81 bits per heavy atom. The van der Waals surface area contributed by atoms with Crippen LogP contribution in [0.5, 0.6) is 0 Å². The van der Waals surface area contributed by atoms with Gasteiger partial charge in [0.1, 0.15) is 5.76 Å². The van der Waals surface area contributed by atoms with Crippen LogP contribution in [0.15, 0.2) is 47.1 Å². The number of ether oxygens (including phenoxy) is 1. The summed E-state index contributed by atoms with van der Waals surface area (Å²) in [6.45, 7) is 1.26. The Morgan fingerprint density at radius 2 is 2.08 bits per heavy atom. The van der Waals surface area contributed by atoms with Crippen molar-refractivity contribution in [2.24, 2.45) is 0 Å². The van der Waals surface area contributed by atoms with E-state index in [1.54, 1.807) is 23.3 Å². The Labute approximate surface area is 149 Å². The molecule has 1 aromatic carbocycles. The zero-order chi connectivity index (χ0) is 18.6. The third-order valence-electron chi connectivity index (χ3n) is 4.37. The fraction of sp³-hybridized carbons (Fsp3) is 0.421. The topological polar surface area (TPSA) is 42.7 Å². The number of rotatable bonds is 5. The predicted octanol–water partition coefficient (Wildman–Crippen LogP) is 3.70. The molecule has 1 amide bonds. The van der Waals surface area contributed by atoms with Crippen LogP contribution in [0.4, 0.5) is 13.2 Å². The SMILES string of the molecule is O=C(CCc1ccco1)N1CCOC(Cc2cccc(C(F)(F)F)c2)C1. The summed E-state index contributed by atoms with van der Waals surface area (Å²) in [5.74, 6) is 0.755. The fourth-order valence-corrected chi connectivity index (χ4v) is 3.05. The summed E-state index contributed by atoms with van der Waals surface area (Å²) in [5.41, 5.74) is -0.119. The summed E-state index contributed by atoms with van der Waals surface area (Å²) in [6, 6.07) is 8.84. The Hall–Kier alpha value is -2.28. The number of hydrogen-bond donors (Lipinski definition) is 0. The summed E-state index contributed by atoms with van der Waals surface area (Å²) in [7, 11) is 0. The number of carbonyl (C=O) groups is 1. The number of nitrogens with zero attached hydrogens (tertiary/aromatic N) is 1. The van der Waals surface area contributed by atoms with E-state index < -0.39 is 11.7 Å². The van der Waals surface area contributed by atoms with Gasteiger partial charge in [-0.1, -0.05) is 18.2 Å². The fourth-order valence-electron chi connectivity index (χ4n) is 3.05. The summed E-state index contributed by atoms with van der Waals surface area (Å²) in [6.07, 6.45) is -1.89. The van der Waals surface area contributed by atoms with E-state index in [9.17, 15) is 18.0 Å². The molecule has 0 radical (unpaired) electrons. The van der Waals surface area contributed by atoms with Gasteiger partial charge in [-0.3, -0.25) is 4.79 Å². The van der Waals surface area contributed by atoms with Gasteiger partial charge < -0.3 is 14.1 Å². The Balaban J connectivity index is 1.55. The van der Waals surface area contributed by atoms with Crippen LogP contribution in [0.3, 0.4) is 0 Å². The number of carbonyl (C=O) groups excluding carboxylic acids is 1. The van der Waals surface area contributed by atoms with E-state index in [0.717, 1.165) is 17.9 Å². The molecule has 1 fully saturated rings. The van der Waals surface area contributed by atoms with Crippen molar-refractivity contribution in [2.45, 2.75) is 31.5 Å². The minimum Gasteiger partial charge on any atom is -0.469 e. The quantitative estimate of drug-likeness (QED) is 0.809. The van der Waals surface area contributed by atoms with Crippen molar-refractivity contribution in [3.05, 3.63) is 59.5 Å². The number of morpholine rings is 1. The van der Waals surface area contributed by atoms with E-state index in [0.29, 0.717) is 44.5 Å². The molecule has 1 aliphatic rings. The van der Waals surface area contributed by atoms with E-state index in [4.69, 9.17) is 9.15 Å². The summed E-state index contributed by atoms with van der Waals surface area (Å²) in [5, 5.41) is 0. The molecule has 1 aromatic heterocycles. The van der Waals surface area contributed by atoms with E-state index in [-0.39, 0.29) is 12.0 Å². The monoisotopic (exact) mass is 367 g/mol. The first-order valence-electron chi connectivity index (χ1n) is 8.50. The lowest BCUT2D eigenvalue weighted by Gasteiger charge is -2.33. The van der Waals surface area contributed by atoms with Crippen molar-refractivity contribution in [3.63, 3.8) is 0 Å². The summed E-state index contributed by atoms with van der Waals surface area (Å²) < 4.78 is 49.3. The second-order valence-corrected chi connectivity index (χ2v) is 6.31. The highest BCUT2D eigenvalue weighted by atomic mass is 19.4. The van der Waals surface area contributed by atoms with Gasteiger partial charge in [0.2, 0.25) is 5.91 Å². The minimum atomic E-state index is -4.36. The molecule has 1 atom stereocenters. The molecule has 3 rings (SSSR count). The first-order valence-corrected chi connectivity index (χ1v) is 8.50. The summed E-state index contributed by atoms with van der Waals surface area (Å²) in [4.78, 5) is 14.1. The molecule has 0 N–H and O–H groups in total. The molecule has 1 aliphatic heterocycles. The molecule has 1 unspecified atom stereocenters. The number of halogens is 3. The molecule has 7 heteroatoms. The van der Waals surface area contributed by atoms with Crippen LogP contribution in [0.25, 0.3) is 0 Å². The molecule has 140 valence electrons. The first-order chi connectivity index (χ1) is 12.4. The lowest BCUT2D eigenvalue weighted by atomic mass is 10.0. The van der Waals surface area contributed by atoms with Crippen LogP contribution >= 0.6 is 0 Å². The highest BCUT2D eigenvalue weighted by molar-refractivity contribution is 5.76. The lowest BCUT2D eigenvalue weighted by molar-refractivity contribution is -0.138. The van der Waals surface area contributed by atoms with Crippen molar-refractivity contribution in [1.82, 2.24) is 4.90 Å². The van der Waals surface area contributed by atoms with Crippen LogP contribution in [-0.2, 0) is 28.5 Å². The highest BCUT2D eigenvalue weighted by Crippen LogP contribution is 2.30. The van der Waals surface area contributed by atoms with Gasteiger partial charge >= 0.3 is 6.18 Å². The van der Waals surface area contributed by atoms with Crippen LogP contribution < -0.4 is 0 Å². The van der Waals surface area contributed by atoms with Crippen molar-refractivity contribution in [2.75, 3.05) is 19.7 Å². The minimum absolute atomic E-state index is 0.00116. The highest BCUT2D eigenvalue weighted by Gasteiger charge is 2.31. The summed E-state index contributed by atoms with van der Waals surface area (Å²) >= 11 is 0. The molecule has 2 heterocycles. The number of amides is 1. The predicted molar refractivity (Wildman–Crippen MR) is 88.5 cm³/mol. The third-order valence-corrected chi connectivity index (χ3v) is 4.37. The standard InChI is InChI=1S/C19H20F3NO3/c20-19(21,22)15-4-1-3-14(11-15)12-17-13-23(8-10-26-17)18(24)7-6-16-5-2-9-25-16/h1-5,9,11,17H,6-8,10,12-13H2. The molecular weight excluding hydrogens is 347 g/mol. The average molecular weight is 367 g/mol. The maximum atomic E-state index is 12.8. The normalized spacial score (nSPS) is 18.1. The van der Waals surface area contributed by atoms with Crippen molar-refractivity contribution in [3.8, 4) is 0 Å². The Kier molecular flexibility index (Phi) is 5.66. The van der Waals surface area contributed by atoms with Crippen LogP contribution in [0.1, 0.15) is 23.3 Å². The molecule has 0 aliphatic carbocycles. The molecule has 0 saturated carbocycles. The van der Waals surface area contributed by atoms with Crippen molar-refractivity contribution >= 4 is 5.91 Å². The first kappa shape index (κ1) is 18.5. The van der Waals surface area contributed by atoms with Crippen molar-refractivity contribution < 1.29 is 27.1 Å². The van der Waals surface area contributed by atoms with E-state index in [1.807, 2.05) is 6.07 Å². The van der Waals surface area contributed by atoms with Gasteiger partial charge in [0, 0.05) is 32.4 Å². The second kappa shape index (κ2) is 7.95. The number of furan rings is 1. The molecule has 4 nitrogen and oxygen atoms in total. The van der Waals surface area contributed by atoms with Gasteiger partial charge in [0.05, 0.1) is 24.5 Å². The van der Waals surface area contributed by atoms with E-state index in [2.05, 4.69) is 0 Å². The zero-order valence-corrected chi connectivity index (χ0v) is 14.2. The van der Waals surface area contributed by atoms with Crippen molar-refractivity contribution in [1.29, 1.82) is 0 Å². The number of hydrogen-bond acceptors (Lipinski definition) is 3. The molecule has 1 saturated heterocycles. The molecule has 26 heavy (non-hydrogen) atoms. The zero-order valence-electron chi connectivity index (χ0n) is 14.2. The molecule has 2 aromatic rings. The van der Waals surface area contributed by atoms with Crippen LogP contribution in [0.2, 0.25) is 0 Å². The maximum Gasteiger partial charge on any atom is 0.416 e. The molecular formula is C19H20F3NO3. The number of alkyl halides is 3. The van der Waals surface area contributed by atoms with Gasteiger partial charge in [-0.05, 0) is 23.8 Å². The number of benzene rings is 1. The number of aryl methyl sites for hydroxylation is 1. The molecule has 0 spiro atoms. The van der Waals surface area contributed by atoms with E-state index >= 15 is 0 Å². The van der Waals surface area contributed by atoms with Gasteiger partial charge in [-0.25, -0.2) is 0 Å². The Morgan fingerprint density at radius 1 is 1.23 bits per heavy atom. The average Bonchev–Trinajstić information content (AvgIpc) is 3.13. The third kappa shape index (κ3) is 4.88. The van der Waals surface area contributed by atoms with Crippen LogP contribution in [-0.4, -0.2) is 36.6 Å². The van der Waals surface area contributed by atoms with Gasteiger partial charge in [-0.15, -0.1) is 0 Å². The van der Waals surface area contributed by atoms with Crippen LogP contribution in [0, 0.1) is 0 Å². The maximum absolute atomic E-state index is 12.8. The second-order valence-electron chi connectivity index (χ2n) is 6.31. The smallest absolute Gasteiger partial charge is 0.416 e.